The number of nitrogens with one attached hydrogen (secondary N) is 1. The molecule has 0 aliphatic carbocycles. The van der Waals surface area contributed by atoms with Gasteiger partial charge in [0.15, 0.2) is 0 Å². The minimum atomic E-state index is -0.447. The summed E-state index contributed by atoms with van der Waals surface area (Å²) < 4.78 is 5.13. The monoisotopic (exact) mass is 203 g/mol. The topological polar surface area (TPSA) is 58.6 Å². The van der Waals surface area contributed by atoms with Gasteiger partial charge >= 0.3 is 0 Å². The van der Waals surface area contributed by atoms with Crippen LogP contribution in [0.15, 0.2) is 0 Å². The highest BCUT2D eigenvalue weighted by Gasteiger charge is 2.22. The molecule has 0 heterocycles. The number of hydrogen-bond acceptors (Lipinski definition) is 3. The summed E-state index contributed by atoms with van der Waals surface area (Å²) in [4.78, 5) is 11.4. The molecule has 1 atom stereocenters. The van der Waals surface area contributed by atoms with E-state index in [2.05, 4.69) is 5.32 Å². The Balaban J connectivity index is 3.97. The third kappa shape index (κ3) is 5.19. The van der Waals surface area contributed by atoms with Gasteiger partial charge in [-0.05, 0) is 20.3 Å². The van der Waals surface area contributed by atoms with Gasteiger partial charge in [0.25, 0.3) is 0 Å². The van der Waals surface area contributed by atoms with Crippen molar-refractivity contribution in [3.8, 4) is 0 Å². The smallest absolute Gasteiger partial charge is 0.223 e. The standard InChI is InChI=1S/C10H21NO3/c1-5-8(7-12)11-9(13)6-10(2,3)14-4/h8,12H,5-7H2,1-4H3,(H,11,13)/t8-/m0/s1. The van der Waals surface area contributed by atoms with Crippen molar-refractivity contribution in [1.29, 1.82) is 0 Å². The van der Waals surface area contributed by atoms with E-state index in [0.29, 0.717) is 6.42 Å². The fraction of sp³-hybridized carbons (Fsp3) is 0.900. The Labute approximate surface area is 85.6 Å². The summed E-state index contributed by atoms with van der Waals surface area (Å²) in [7, 11) is 1.58. The molecule has 0 aliphatic rings. The van der Waals surface area contributed by atoms with Gasteiger partial charge < -0.3 is 15.2 Å². The maximum atomic E-state index is 11.4. The predicted octanol–water partition coefficient (Wildman–Crippen LogP) is 0.689. The Hall–Kier alpha value is -0.610. The third-order valence-corrected chi connectivity index (χ3v) is 2.22. The van der Waals surface area contributed by atoms with Crippen LogP contribution in [0, 0.1) is 0 Å². The molecule has 1 amide bonds. The van der Waals surface area contributed by atoms with Crippen LogP contribution in [-0.2, 0) is 9.53 Å². The summed E-state index contributed by atoms with van der Waals surface area (Å²) in [5, 5.41) is 11.6. The zero-order chi connectivity index (χ0) is 11.2. The van der Waals surface area contributed by atoms with Crippen molar-refractivity contribution in [3.63, 3.8) is 0 Å². The summed E-state index contributed by atoms with van der Waals surface area (Å²) in [6.07, 6.45) is 1.04. The fourth-order valence-electron chi connectivity index (χ4n) is 1.01. The van der Waals surface area contributed by atoms with Gasteiger partial charge in [-0.2, -0.15) is 0 Å². The lowest BCUT2D eigenvalue weighted by Crippen LogP contribution is -2.40. The van der Waals surface area contributed by atoms with Crippen molar-refractivity contribution in [2.24, 2.45) is 0 Å². The minimum absolute atomic E-state index is 0.0182. The van der Waals surface area contributed by atoms with E-state index in [1.165, 1.54) is 0 Å². The van der Waals surface area contributed by atoms with E-state index >= 15 is 0 Å². The Morgan fingerprint density at radius 3 is 2.50 bits per heavy atom. The lowest BCUT2D eigenvalue weighted by atomic mass is 10.0. The Morgan fingerprint density at radius 1 is 1.57 bits per heavy atom. The quantitative estimate of drug-likeness (QED) is 0.667. The van der Waals surface area contributed by atoms with Crippen LogP contribution in [-0.4, -0.2) is 36.4 Å². The first kappa shape index (κ1) is 13.4. The van der Waals surface area contributed by atoms with Gasteiger partial charge in [0.05, 0.1) is 24.7 Å². The molecule has 0 radical (unpaired) electrons. The normalized spacial score (nSPS) is 13.8. The lowest BCUT2D eigenvalue weighted by Gasteiger charge is -2.23. The number of ether oxygens (including phenoxy) is 1. The average molecular weight is 203 g/mol. The van der Waals surface area contributed by atoms with Gasteiger partial charge in [-0.3, -0.25) is 4.79 Å². The molecular formula is C10H21NO3. The van der Waals surface area contributed by atoms with Crippen LogP contribution in [0.4, 0.5) is 0 Å². The molecule has 2 N–H and O–H groups in total. The first-order chi connectivity index (χ1) is 6.45. The number of amides is 1. The largest absolute Gasteiger partial charge is 0.394 e. The van der Waals surface area contributed by atoms with Crippen LogP contribution in [0.1, 0.15) is 33.6 Å². The van der Waals surface area contributed by atoms with Gasteiger partial charge in [-0.25, -0.2) is 0 Å². The molecule has 84 valence electrons. The number of carbonyl (C=O) groups excluding carboxylic acids is 1. The molecule has 0 rings (SSSR count). The van der Waals surface area contributed by atoms with Crippen molar-refractivity contribution in [2.75, 3.05) is 13.7 Å². The lowest BCUT2D eigenvalue weighted by molar-refractivity contribution is -0.127. The van der Waals surface area contributed by atoms with E-state index in [4.69, 9.17) is 9.84 Å². The molecule has 14 heavy (non-hydrogen) atoms. The highest BCUT2D eigenvalue weighted by Crippen LogP contribution is 2.12. The van der Waals surface area contributed by atoms with Crippen LogP contribution < -0.4 is 5.32 Å². The highest BCUT2D eigenvalue weighted by molar-refractivity contribution is 5.77. The summed E-state index contributed by atoms with van der Waals surface area (Å²) in [5.41, 5.74) is -0.447. The summed E-state index contributed by atoms with van der Waals surface area (Å²) in [6, 6.07) is -0.143. The van der Waals surface area contributed by atoms with Crippen LogP contribution in [0.25, 0.3) is 0 Å². The van der Waals surface area contributed by atoms with Gasteiger partial charge in [-0.15, -0.1) is 0 Å². The van der Waals surface area contributed by atoms with E-state index in [-0.39, 0.29) is 18.6 Å². The van der Waals surface area contributed by atoms with Crippen LogP contribution in [0.2, 0.25) is 0 Å². The van der Waals surface area contributed by atoms with E-state index in [1.807, 2.05) is 20.8 Å². The molecule has 0 aromatic carbocycles. The first-order valence-corrected chi connectivity index (χ1v) is 4.90. The van der Waals surface area contributed by atoms with Crippen LogP contribution in [0.3, 0.4) is 0 Å². The van der Waals surface area contributed by atoms with Crippen molar-refractivity contribution in [1.82, 2.24) is 5.32 Å². The fourth-order valence-corrected chi connectivity index (χ4v) is 1.01. The molecule has 0 fully saturated rings. The summed E-state index contributed by atoms with van der Waals surface area (Å²) >= 11 is 0. The van der Waals surface area contributed by atoms with Crippen molar-refractivity contribution in [2.45, 2.75) is 45.3 Å². The first-order valence-electron chi connectivity index (χ1n) is 4.90. The van der Waals surface area contributed by atoms with E-state index in [0.717, 1.165) is 6.42 Å². The molecule has 4 heteroatoms. The molecule has 0 aromatic rings. The number of hydrogen-bond donors (Lipinski definition) is 2. The molecule has 0 bridgehead atoms. The summed E-state index contributed by atoms with van der Waals surface area (Å²) in [5.74, 6) is -0.0854. The zero-order valence-corrected chi connectivity index (χ0v) is 9.46. The number of aliphatic hydroxyl groups is 1. The highest BCUT2D eigenvalue weighted by atomic mass is 16.5. The van der Waals surface area contributed by atoms with Gasteiger partial charge in [0.2, 0.25) is 5.91 Å². The number of rotatable bonds is 6. The maximum Gasteiger partial charge on any atom is 0.223 e. The van der Waals surface area contributed by atoms with Crippen LogP contribution in [0.5, 0.6) is 0 Å². The molecular weight excluding hydrogens is 182 g/mol. The van der Waals surface area contributed by atoms with E-state index in [9.17, 15) is 4.79 Å². The number of carbonyl (C=O) groups is 1. The molecule has 0 saturated heterocycles. The SMILES string of the molecule is CC[C@@H](CO)NC(=O)CC(C)(C)OC. The number of aliphatic hydroxyl groups excluding tert-OH is 1. The summed E-state index contributed by atoms with van der Waals surface area (Å²) in [6.45, 7) is 5.61. The minimum Gasteiger partial charge on any atom is -0.394 e. The molecule has 0 unspecified atom stereocenters. The average Bonchev–Trinajstić information content (AvgIpc) is 2.13. The van der Waals surface area contributed by atoms with E-state index < -0.39 is 5.60 Å². The molecule has 0 spiro atoms. The van der Waals surface area contributed by atoms with Gasteiger partial charge in [-0.1, -0.05) is 6.92 Å². The second-order valence-corrected chi connectivity index (χ2v) is 4.00. The molecule has 4 nitrogen and oxygen atoms in total. The van der Waals surface area contributed by atoms with Gasteiger partial charge in [0.1, 0.15) is 0 Å². The third-order valence-electron chi connectivity index (χ3n) is 2.22. The van der Waals surface area contributed by atoms with Crippen molar-refractivity contribution >= 4 is 5.91 Å². The maximum absolute atomic E-state index is 11.4. The van der Waals surface area contributed by atoms with E-state index in [1.54, 1.807) is 7.11 Å². The predicted molar refractivity (Wildman–Crippen MR) is 55.0 cm³/mol. The number of methoxy groups -OCH3 is 1. The Kier molecular flexibility index (Phi) is 5.72. The zero-order valence-electron chi connectivity index (χ0n) is 9.46. The van der Waals surface area contributed by atoms with Crippen molar-refractivity contribution < 1.29 is 14.6 Å². The molecule has 0 aromatic heterocycles. The molecule has 0 saturated carbocycles. The Bertz CT molecular complexity index is 176. The molecule has 0 aliphatic heterocycles. The second-order valence-electron chi connectivity index (χ2n) is 4.00. The van der Waals surface area contributed by atoms with Crippen LogP contribution >= 0.6 is 0 Å². The second kappa shape index (κ2) is 5.98. The van der Waals surface area contributed by atoms with Crippen molar-refractivity contribution in [3.05, 3.63) is 0 Å². The Morgan fingerprint density at radius 2 is 2.14 bits per heavy atom. The van der Waals surface area contributed by atoms with Gasteiger partial charge in [0, 0.05) is 7.11 Å².